The molecule has 0 aliphatic carbocycles. The maximum absolute atomic E-state index is 12.4. The molecule has 2 aromatic rings. The van der Waals surface area contributed by atoms with E-state index in [0.717, 1.165) is 5.69 Å². The third-order valence-corrected chi connectivity index (χ3v) is 3.42. The second kappa shape index (κ2) is 8.80. The number of para-hydroxylation sites is 3. The molecule has 0 spiro atoms. The summed E-state index contributed by atoms with van der Waals surface area (Å²) in [6, 6.07) is 17.0. The third kappa shape index (κ3) is 5.00. The average Bonchev–Trinajstić information content (AvgIpc) is 2.59. The lowest BCUT2D eigenvalue weighted by atomic mass is 10.2. The SMILES string of the molecule is COc1ccccc1NC(=O)CN(CCCO)c1ccccc1. The molecule has 0 saturated carbocycles. The van der Waals surface area contributed by atoms with Gasteiger partial charge in [0, 0.05) is 18.8 Å². The van der Waals surface area contributed by atoms with E-state index in [2.05, 4.69) is 5.32 Å². The summed E-state index contributed by atoms with van der Waals surface area (Å²) in [6.07, 6.45) is 0.608. The lowest BCUT2D eigenvalue weighted by Gasteiger charge is -2.24. The predicted octanol–water partition coefficient (Wildman–Crippen LogP) is 2.52. The largest absolute Gasteiger partial charge is 0.495 e. The summed E-state index contributed by atoms with van der Waals surface area (Å²) in [7, 11) is 1.57. The number of benzene rings is 2. The number of aliphatic hydroxyl groups excluding tert-OH is 1. The van der Waals surface area contributed by atoms with E-state index in [4.69, 9.17) is 9.84 Å². The highest BCUT2D eigenvalue weighted by molar-refractivity contribution is 5.95. The van der Waals surface area contributed by atoms with Crippen LogP contribution in [0.5, 0.6) is 5.75 Å². The molecular formula is C18H22N2O3. The first kappa shape index (κ1) is 16.8. The van der Waals surface area contributed by atoms with Crippen LogP contribution in [0.4, 0.5) is 11.4 Å². The van der Waals surface area contributed by atoms with E-state index in [0.29, 0.717) is 24.4 Å². The van der Waals surface area contributed by atoms with Crippen molar-refractivity contribution >= 4 is 17.3 Å². The number of hydrogen-bond acceptors (Lipinski definition) is 4. The molecule has 0 unspecified atom stereocenters. The molecule has 0 radical (unpaired) electrons. The number of carbonyl (C=O) groups is 1. The molecule has 0 aromatic heterocycles. The van der Waals surface area contributed by atoms with Crippen molar-refractivity contribution < 1.29 is 14.6 Å². The van der Waals surface area contributed by atoms with Crippen LogP contribution in [-0.4, -0.2) is 37.8 Å². The third-order valence-electron chi connectivity index (χ3n) is 3.42. The molecular weight excluding hydrogens is 292 g/mol. The van der Waals surface area contributed by atoms with Gasteiger partial charge in [-0.2, -0.15) is 0 Å². The molecule has 0 heterocycles. The highest BCUT2D eigenvalue weighted by atomic mass is 16.5. The van der Waals surface area contributed by atoms with Gasteiger partial charge in [-0.25, -0.2) is 0 Å². The van der Waals surface area contributed by atoms with Crippen LogP contribution in [0.15, 0.2) is 54.6 Å². The Labute approximate surface area is 136 Å². The zero-order valence-corrected chi connectivity index (χ0v) is 13.2. The molecule has 0 aliphatic heterocycles. The van der Waals surface area contributed by atoms with E-state index in [9.17, 15) is 4.79 Å². The van der Waals surface area contributed by atoms with Crippen molar-refractivity contribution in [2.24, 2.45) is 0 Å². The molecule has 23 heavy (non-hydrogen) atoms. The quantitative estimate of drug-likeness (QED) is 0.786. The van der Waals surface area contributed by atoms with Gasteiger partial charge < -0.3 is 20.1 Å². The summed E-state index contributed by atoms with van der Waals surface area (Å²) >= 11 is 0. The van der Waals surface area contributed by atoms with Gasteiger partial charge in [-0.05, 0) is 30.7 Å². The van der Waals surface area contributed by atoms with E-state index in [1.54, 1.807) is 19.2 Å². The van der Waals surface area contributed by atoms with Gasteiger partial charge in [0.2, 0.25) is 5.91 Å². The van der Waals surface area contributed by atoms with Crippen molar-refractivity contribution in [2.75, 3.05) is 37.0 Å². The van der Waals surface area contributed by atoms with E-state index >= 15 is 0 Å². The first-order valence-corrected chi connectivity index (χ1v) is 7.58. The van der Waals surface area contributed by atoms with Crippen molar-refractivity contribution in [3.05, 3.63) is 54.6 Å². The second-order valence-electron chi connectivity index (χ2n) is 5.08. The van der Waals surface area contributed by atoms with Gasteiger partial charge in [-0.15, -0.1) is 0 Å². The van der Waals surface area contributed by atoms with Gasteiger partial charge in [0.25, 0.3) is 0 Å². The molecule has 0 saturated heterocycles. The van der Waals surface area contributed by atoms with Gasteiger partial charge >= 0.3 is 0 Å². The summed E-state index contributed by atoms with van der Waals surface area (Å²) in [5.74, 6) is 0.499. The minimum atomic E-state index is -0.128. The van der Waals surface area contributed by atoms with Crippen molar-refractivity contribution in [3.63, 3.8) is 0 Å². The van der Waals surface area contributed by atoms with E-state index in [1.165, 1.54) is 0 Å². The number of rotatable bonds is 8. The van der Waals surface area contributed by atoms with Crippen LogP contribution in [0.1, 0.15) is 6.42 Å². The lowest BCUT2D eigenvalue weighted by molar-refractivity contribution is -0.115. The van der Waals surface area contributed by atoms with Gasteiger partial charge in [-0.3, -0.25) is 4.79 Å². The number of aliphatic hydroxyl groups is 1. The summed E-state index contributed by atoms with van der Waals surface area (Å²) < 4.78 is 5.24. The number of nitrogens with zero attached hydrogens (tertiary/aromatic N) is 1. The van der Waals surface area contributed by atoms with Crippen LogP contribution in [0.3, 0.4) is 0 Å². The summed E-state index contributed by atoms with van der Waals surface area (Å²) in [5, 5.41) is 11.9. The Hall–Kier alpha value is -2.53. The molecule has 0 aliphatic rings. The number of amides is 1. The molecule has 5 heteroatoms. The topological polar surface area (TPSA) is 61.8 Å². The normalized spacial score (nSPS) is 10.2. The van der Waals surface area contributed by atoms with Crippen LogP contribution in [0.2, 0.25) is 0 Å². The Morgan fingerprint density at radius 2 is 1.83 bits per heavy atom. The number of nitrogens with one attached hydrogen (secondary N) is 1. The molecule has 2 aromatic carbocycles. The fourth-order valence-electron chi connectivity index (χ4n) is 2.31. The van der Waals surface area contributed by atoms with Crippen LogP contribution in [0.25, 0.3) is 0 Å². The zero-order chi connectivity index (χ0) is 16.5. The molecule has 0 fully saturated rings. The molecule has 2 N–H and O–H groups in total. The number of hydrogen-bond donors (Lipinski definition) is 2. The molecule has 5 nitrogen and oxygen atoms in total. The predicted molar refractivity (Wildman–Crippen MR) is 92.0 cm³/mol. The number of ether oxygens (including phenoxy) is 1. The highest BCUT2D eigenvalue weighted by Gasteiger charge is 2.13. The summed E-state index contributed by atoms with van der Waals surface area (Å²) in [4.78, 5) is 14.3. The highest BCUT2D eigenvalue weighted by Crippen LogP contribution is 2.23. The van der Waals surface area contributed by atoms with Crippen molar-refractivity contribution in [3.8, 4) is 5.75 Å². The fraction of sp³-hybridized carbons (Fsp3) is 0.278. The first-order chi connectivity index (χ1) is 11.2. The lowest BCUT2D eigenvalue weighted by Crippen LogP contribution is -2.34. The van der Waals surface area contributed by atoms with Crippen LogP contribution < -0.4 is 15.0 Å². The number of carbonyl (C=O) groups excluding carboxylic acids is 1. The molecule has 0 atom stereocenters. The van der Waals surface area contributed by atoms with Crippen LogP contribution in [0, 0.1) is 0 Å². The van der Waals surface area contributed by atoms with Gasteiger partial charge in [-0.1, -0.05) is 30.3 Å². The van der Waals surface area contributed by atoms with Crippen molar-refractivity contribution in [1.29, 1.82) is 0 Å². The molecule has 2 rings (SSSR count). The van der Waals surface area contributed by atoms with Crippen molar-refractivity contribution in [2.45, 2.75) is 6.42 Å². The minimum absolute atomic E-state index is 0.0947. The minimum Gasteiger partial charge on any atom is -0.495 e. The van der Waals surface area contributed by atoms with E-state index in [1.807, 2.05) is 47.4 Å². The average molecular weight is 314 g/mol. The fourth-order valence-corrected chi connectivity index (χ4v) is 2.31. The summed E-state index contributed by atoms with van der Waals surface area (Å²) in [5.41, 5.74) is 1.60. The molecule has 1 amide bonds. The number of methoxy groups -OCH3 is 1. The van der Waals surface area contributed by atoms with Gasteiger partial charge in [0.05, 0.1) is 19.3 Å². The van der Waals surface area contributed by atoms with E-state index < -0.39 is 0 Å². The van der Waals surface area contributed by atoms with Crippen molar-refractivity contribution in [1.82, 2.24) is 0 Å². The Morgan fingerprint density at radius 3 is 2.52 bits per heavy atom. The second-order valence-corrected chi connectivity index (χ2v) is 5.08. The Balaban J connectivity index is 2.05. The number of anilines is 2. The Bertz CT molecular complexity index is 617. The monoisotopic (exact) mass is 314 g/mol. The van der Waals surface area contributed by atoms with Crippen LogP contribution in [-0.2, 0) is 4.79 Å². The molecule has 122 valence electrons. The first-order valence-electron chi connectivity index (χ1n) is 7.58. The Morgan fingerprint density at radius 1 is 1.13 bits per heavy atom. The van der Waals surface area contributed by atoms with Crippen LogP contribution >= 0.6 is 0 Å². The van der Waals surface area contributed by atoms with E-state index in [-0.39, 0.29) is 19.1 Å². The smallest absolute Gasteiger partial charge is 0.243 e. The maximum atomic E-state index is 12.4. The van der Waals surface area contributed by atoms with Gasteiger partial charge in [0.15, 0.2) is 0 Å². The van der Waals surface area contributed by atoms with Gasteiger partial charge in [0.1, 0.15) is 5.75 Å². The molecule has 0 bridgehead atoms. The Kier molecular flexibility index (Phi) is 6.44. The zero-order valence-electron chi connectivity index (χ0n) is 13.2. The maximum Gasteiger partial charge on any atom is 0.243 e. The standard InChI is InChI=1S/C18H22N2O3/c1-23-17-11-6-5-10-16(17)19-18(22)14-20(12-7-13-21)15-8-3-2-4-9-15/h2-6,8-11,21H,7,12-14H2,1H3,(H,19,22). The summed E-state index contributed by atoms with van der Waals surface area (Å²) in [6.45, 7) is 0.916.